The summed E-state index contributed by atoms with van der Waals surface area (Å²) in [5, 5.41) is 3.56. The van der Waals surface area contributed by atoms with Crippen LogP contribution in [0.2, 0.25) is 0 Å². The van der Waals surface area contributed by atoms with Gasteiger partial charge < -0.3 is 14.8 Å². The normalized spacial score (nSPS) is 10.7. The number of benzene rings is 2. The highest BCUT2D eigenvalue weighted by molar-refractivity contribution is 7.26. The number of methoxy groups -OCH3 is 1. The van der Waals surface area contributed by atoms with Gasteiger partial charge >= 0.3 is 5.97 Å². The van der Waals surface area contributed by atoms with Gasteiger partial charge in [-0.05, 0) is 48.9 Å². The van der Waals surface area contributed by atoms with Crippen molar-refractivity contribution in [3.63, 3.8) is 0 Å². The number of carbonyl (C=O) groups is 2. The number of esters is 1. The first-order chi connectivity index (χ1) is 14.5. The van der Waals surface area contributed by atoms with Crippen LogP contribution in [0, 0.1) is 6.92 Å². The van der Waals surface area contributed by atoms with E-state index in [4.69, 9.17) is 9.47 Å². The number of anilines is 1. The van der Waals surface area contributed by atoms with Crippen LogP contribution in [-0.4, -0.2) is 30.6 Å². The average Bonchev–Trinajstić information content (AvgIpc) is 3.39. The molecule has 0 aliphatic rings. The van der Waals surface area contributed by atoms with Gasteiger partial charge in [0.15, 0.2) is 6.61 Å². The fourth-order valence-electron chi connectivity index (χ4n) is 2.85. The first kappa shape index (κ1) is 20.1. The van der Waals surface area contributed by atoms with E-state index < -0.39 is 11.9 Å². The molecule has 0 aliphatic heterocycles. The molecule has 0 spiro atoms. The number of carbonyl (C=O) groups excluding carboxylic acids is 2. The molecule has 0 saturated heterocycles. The van der Waals surface area contributed by atoms with Crippen LogP contribution in [0.25, 0.3) is 20.1 Å². The molecule has 1 amide bonds. The molecular formula is C22H18N2O4S2. The number of hydrogen-bond donors (Lipinski definition) is 1. The van der Waals surface area contributed by atoms with Crippen molar-refractivity contribution in [2.24, 2.45) is 0 Å². The minimum atomic E-state index is -0.543. The Labute approximate surface area is 181 Å². The molecule has 0 saturated carbocycles. The van der Waals surface area contributed by atoms with Gasteiger partial charge in [-0.3, -0.25) is 4.79 Å². The molecule has 2 heterocycles. The van der Waals surface area contributed by atoms with Gasteiger partial charge in [0.1, 0.15) is 15.6 Å². The summed E-state index contributed by atoms with van der Waals surface area (Å²) in [4.78, 5) is 30.5. The number of aryl methyl sites for hydroxylation is 1. The largest absolute Gasteiger partial charge is 0.495 e. The van der Waals surface area contributed by atoms with E-state index in [1.807, 2.05) is 43.3 Å². The average molecular weight is 439 g/mol. The number of aromatic nitrogens is 1. The maximum absolute atomic E-state index is 12.4. The standard InChI is InChI=1S/C22H18N2O4S2/c1-13-7-8-16(27-2)15(11-13)23-20(25)12-28-22(26)19-10-9-18(29-19)21-24-14-5-3-4-6-17(14)30-21/h3-11H,12H2,1-2H3,(H,23,25). The summed E-state index contributed by atoms with van der Waals surface area (Å²) >= 11 is 2.87. The molecular weight excluding hydrogens is 420 g/mol. The topological polar surface area (TPSA) is 77.5 Å². The van der Waals surface area contributed by atoms with Gasteiger partial charge in [-0.2, -0.15) is 0 Å². The Kier molecular flexibility index (Phi) is 5.78. The van der Waals surface area contributed by atoms with Crippen molar-refractivity contribution in [1.29, 1.82) is 0 Å². The maximum Gasteiger partial charge on any atom is 0.348 e. The lowest BCUT2D eigenvalue weighted by Crippen LogP contribution is -2.21. The quantitative estimate of drug-likeness (QED) is 0.422. The Balaban J connectivity index is 1.39. The number of nitrogens with zero attached hydrogens (tertiary/aromatic N) is 1. The molecule has 0 radical (unpaired) electrons. The number of thiophene rings is 1. The van der Waals surface area contributed by atoms with Crippen molar-refractivity contribution in [1.82, 2.24) is 4.98 Å². The van der Waals surface area contributed by atoms with Gasteiger partial charge in [0.25, 0.3) is 5.91 Å². The number of thiazole rings is 1. The second-order valence-corrected chi connectivity index (χ2v) is 8.59. The lowest BCUT2D eigenvalue weighted by atomic mass is 10.2. The molecule has 30 heavy (non-hydrogen) atoms. The third-order valence-corrected chi connectivity index (χ3v) is 6.55. The minimum absolute atomic E-state index is 0.385. The lowest BCUT2D eigenvalue weighted by Gasteiger charge is -2.11. The highest BCUT2D eigenvalue weighted by atomic mass is 32.1. The third-order valence-electron chi connectivity index (χ3n) is 4.28. The lowest BCUT2D eigenvalue weighted by molar-refractivity contribution is -0.119. The third kappa shape index (κ3) is 4.34. The molecule has 2 aromatic heterocycles. The van der Waals surface area contributed by atoms with Gasteiger partial charge in [-0.15, -0.1) is 22.7 Å². The molecule has 2 aromatic carbocycles. The molecule has 0 aliphatic carbocycles. The molecule has 4 aromatic rings. The predicted molar refractivity (Wildman–Crippen MR) is 120 cm³/mol. The van der Waals surface area contributed by atoms with Crippen molar-refractivity contribution in [2.75, 3.05) is 19.0 Å². The first-order valence-corrected chi connectivity index (χ1v) is 10.7. The second-order valence-electron chi connectivity index (χ2n) is 6.48. The Morgan fingerprint density at radius 2 is 1.90 bits per heavy atom. The Morgan fingerprint density at radius 1 is 1.07 bits per heavy atom. The monoisotopic (exact) mass is 438 g/mol. The van der Waals surface area contributed by atoms with Crippen LogP contribution < -0.4 is 10.1 Å². The zero-order valence-corrected chi connectivity index (χ0v) is 17.9. The summed E-state index contributed by atoms with van der Waals surface area (Å²) in [7, 11) is 1.53. The molecule has 1 N–H and O–H groups in total. The Hall–Kier alpha value is -3.23. The van der Waals surface area contributed by atoms with Gasteiger partial charge in [0, 0.05) is 0 Å². The van der Waals surface area contributed by atoms with Crippen LogP contribution in [0.4, 0.5) is 5.69 Å². The molecule has 6 nitrogen and oxygen atoms in total. The van der Waals surface area contributed by atoms with E-state index in [9.17, 15) is 9.59 Å². The highest BCUT2D eigenvalue weighted by Gasteiger charge is 2.16. The Morgan fingerprint density at radius 3 is 2.70 bits per heavy atom. The van der Waals surface area contributed by atoms with Crippen LogP contribution in [0.1, 0.15) is 15.2 Å². The van der Waals surface area contributed by atoms with E-state index in [0.29, 0.717) is 16.3 Å². The molecule has 8 heteroatoms. The number of nitrogens with one attached hydrogen (secondary N) is 1. The molecule has 0 fully saturated rings. The van der Waals surface area contributed by atoms with Crippen molar-refractivity contribution >= 4 is 50.5 Å². The summed E-state index contributed by atoms with van der Waals surface area (Å²) in [6.45, 7) is 1.53. The van der Waals surface area contributed by atoms with Gasteiger partial charge in [-0.1, -0.05) is 18.2 Å². The fraction of sp³-hybridized carbons (Fsp3) is 0.136. The SMILES string of the molecule is COc1ccc(C)cc1NC(=O)COC(=O)c1ccc(-c2nc3ccccc3s2)s1. The first-order valence-electron chi connectivity index (χ1n) is 9.11. The summed E-state index contributed by atoms with van der Waals surface area (Å²) in [6, 6.07) is 16.9. The second kappa shape index (κ2) is 8.64. The summed E-state index contributed by atoms with van der Waals surface area (Å²) in [6.07, 6.45) is 0. The number of hydrogen-bond acceptors (Lipinski definition) is 7. The highest BCUT2D eigenvalue weighted by Crippen LogP contribution is 2.34. The molecule has 152 valence electrons. The summed E-state index contributed by atoms with van der Waals surface area (Å²) in [5.74, 6) is -0.437. The van der Waals surface area contributed by atoms with E-state index in [1.54, 1.807) is 29.5 Å². The van der Waals surface area contributed by atoms with Crippen LogP contribution in [0.15, 0.2) is 54.6 Å². The number of amides is 1. The van der Waals surface area contributed by atoms with E-state index in [-0.39, 0.29) is 6.61 Å². The number of fused-ring (bicyclic) bond motifs is 1. The van der Waals surface area contributed by atoms with Gasteiger partial charge in [-0.25, -0.2) is 9.78 Å². The zero-order chi connectivity index (χ0) is 21.1. The minimum Gasteiger partial charge on any atom is -0.495 e. The van der Waals surface area contributed by atoms with Crippen molar-refractivity contribution in [3.05, 3.63) is 65.0 Å². The molecule has 0 bridgehead atoms. The predicted octanol–water partition coefficient (Wildman–Crippen LogP) is 5.14. The number of rotatable bonds is 6. The molecule has 0 unspecified atom stereocenters. The van der Waals surface area contributed by atoms with E-state index in [1.165, 1.54) is 18.4 Å². The molecule has 4 rings (SSSR count). The van der Waals surface area contributed by atoms with Gasteiger partial charge in [0.2, 0.25) is 0 Å². The Bertz CT molecular complexity index is 1200. The summed E-state index contributed by atoms with van der Waals surface area (Å²) in [5.41, 5.74) is 2.44. The van der Waals surface area contributed by atoms with E-state index in [2.05, 4.69) is 10.3 Å². The van der Waals surface area contributed by atoms with Gasteiger partial charge in [0.05, 0.1) is 27.9 Å². The van der Waals surface area contributed by atoms with E-state index in [0.717, 1.165) is 25.7 Å². The van der Waals surface area contributed by atoms with Crippen molar-refractivity contribution in [3.8, 4) is 15.6 Å². The van der Waals surface area contributed by atoms with Crippen LogP contribution in [0.3, 0.4) is 0 Å². The number of para-hydroxylation sites is 1. The maximum atomic E-state index is 12.4. The van der Waals surface area contributed by atoms with Crippen molar-refractivity contribution in [2.45, 2.75) is 6.92 Å². The van der Waals surface area contributed by atoms with E-state index >= 15 is 0 Å². The fourth-order valence-corrected chi connectivity index (χ4v) is 4.77. The smallest absolute Gasteiger partial charge is 0.348 e. The summed E-state index contributed by atoms with van der Waals surface area (Å²) < 4.78 is 11.5. The van der Waals surface area contributed by atoms with Crippen molar-refractivity contribution < 1.29 is 19.1 Å². The zero-order valence-electron chi connectivity index (χ0n) is 16.3. The molecule has 0 atom stereocenters. The van der Waals surface area contributed by atoms with Crippen LogP contribution >= 0.6 is 22.7 Å². The van der Waals surface area contributed by atoms with Crippen LogP contribution in [-0.2, 0) is 9.53 Å². The van der Waals surface area contributed by atoms with Crippen LogP contribution in [0.5, 0.6) is 5.75 Å². The number of ether oxygens (including phenoxy) is 2.